The molecule has 6 nitrogen and oxygen atoms in total. The molecule has 2 saturated heterocycles. The van der Waals surface area contributed by atoms with E-state index >= 15 is 0 Å². The molecule has 0 unspecified atom stereocenters. The van der Waals surface area contributed by atoms with Crippen molar-refractivity contribution in [2.45, 2.75) is 78.0 Å². The van der Waals surface area contributed by atoms with Gasteiger partial charge in [0.15, 0.2) is 0 Å². The number of aromatic amines is 1. The van der Waals surface area contributed by atoms with E-state index in [1.807, 2.05) is 4.90 Å². The van der Waals surface area contributed by atoms with E-state index in [4.69, 9.17) is 14.3 Å². The molecule has 0 spiro atoms. The van der Waals surface area contributed by atoms with E-state index in [2.05, 4.69) is 76.9 Å². The van der Waals surface area contributed by atoms with Crippen LogP contribution in [0.5, 0.6) is 0 Å². The number of nitrogens with one attached hydrogen (secondary N) is 1. The van der Waals surface area contributed by atoms with Crippen LogP contribution in [0.3, 0.4) is 0 Å². The molecule has 2 fully saturated rings. The number of amides is 1. The van der Waals surface area contributed by atoms with E-state index in [0.717, 1.165) is 52.5 Å². The van der Waals surface area contributed by atoms with Gasteiger partial charge in [-0.3, -0.25) is 4.79 Å². The SMILES string of the molecule is CC(C)CC(=O)N1CCC[C@H]1c1nc2c(ccc3cc(B4OC(C)(C)C(C)(C)O4)ccc32)[nH]1. The van der Waals surface area contributed by atoms with E-state index in [1.165, 1.54) is 0 Å². The van der Waals surface area contributed by atoms with Crippen molar-refractivity contribution in [2.24, 2.45) is 5.92 Å². The van der Waals surface area contributed by atoms with E-state index in [-0.39, 0.29) is 30.3 Å². The average molecular weight is 447 g/mol. The Balaban J connectivity index is 1.47. The fraction of sp³-hybridized carbons (Fsp3) is 0.538. The molecule has 1 atom stereocenters. The van der Waals surface area contributed by atoms with E-state index in [9.17, 15) is 4.79 Å². The standard InChI is InChI=1S/C26H34BN3O3/c1-16(2)14-22(31)30-13-7-8-21(30)24-28-20-12-9-17-15-18(10-11-19(17)23(20)29-24)27-32-25(3,4)26(5,6)33-27/h9-12,15-16,21H,7-8,13-14H2,1-6H3,(H,28,29)/t21-/m0/s1. The Morgan fingerprint density at radius 3 is 2.61 bits per heavy atom. The summed E-state index contributed by atoms with van der Waals surface area (Å²) in [5.74, 6) is 1.48. The Bertz CT molecular complexity index is 1200. The van der Waals surface area contributed by atoms with Crippen LogP contribution < -0.4 is 5.46 Å². The van der Waals surface area contributed by atoms with Gasteiger partial charge in [-0.15, -0.1) is 0 Å². The molecule has 174 valence electrons. The molecular weight excluding hydrogens is 413 g/mol. The number of fused-ring (bicyclic) bond motifs is 3. The van der Waals surface area contributed by atoms with Crippen LogP contribution in [0.4, 0.5) is 0 Å². The molecule has 7 heteroatoms. The van der Waals surface area contributed by atoms with Crippen molar-refractivity contribution >= 4 is 40.3 Å². The van der Waals surface area contributed by atoms with Gasteiger partial charge in [-0.1, -0.05) is 38.1 Å². The Morgan fingerprint density at radius 2 is 1.91 bits per heavy atom. The van der Waals surface area contributed by atoms with Gasteiger partial charge in [0.05, 0.1) is 28.3 Å². The maximum absolute atomic E-state index is 12.8. The molecule has 2 aliphatic heterocycles. The van der Waals surface area contributed by atoms with Crippen LogP contribution in [0.2, 0.25) is 0 Å². The topological polar surface area (TPSA) is 67.5 Å². The van der Waals surface area contributed by atoms with Crippen LogP contribution in [0.25, 0.3) is 21.8 Å². The third kappa shape index (κ3) is 3.85. The molecule has 3 heterocycles. The first kappa shape index (κ1) is 22.4. The number of hydrogen-bond acceptors (Lipinski definition) is 4. The number of carbonyl (C=O) groups is 1. The fourth-order valence-electron chi connectivity index (χ4n) is 4.94. The number of imidazole rings is 1. The monoisotopic (exact) mass is 447 g/mol. The van der Waals surface area contributed by atoms with Gasteiger partial charge in [-0.05, 0) is 63.4 Å². The fourth-order valence-corrected chi connectivity index (χ4v) is 4.94. The molecule has 1 N–H and O–H groups in total. The van der Waals surface area contributed by atoms with Crippen LogP contribution in [0.15, 0.2) is 30.3 Å². The van der Waals surface area contributed by atoms with Gasteiger partial charge in [0, 0.05) is 18.4 Å². The second-order valence-corrected chi connectivity index (χ2v) is 11.0. The molecule has 0 radical (unpaired) electrons. The van der Waals surface area contributed by atoms with Gasteiger partial charge in [0.25, 0.3) is 0 Å². The van der Waals surface area contributed by atoms with Crippen LogP contribution >= 0.6 is 0 Å². The van der Waals surface area contributed by atoms with Gasteiger partial charge in [-0.2, -0.15) is 0 Å². The molecule has 1 aromatic heterocycles. The normalized spacial score (nSPS) is 22.2. The molecule has 0 saturated carbocycles. The summed E-state index contributed by atoms with van der Waals surface area (Å²) in [5, 5.41) is 2.19. The highest BCUT2D eigenvalue weighted by Gasteiger charge is 2.51. The summed E-state index contributed by atoms with van der Waals surface area (Å²) in [6.07, 6.45) is 2.55. The van der Waals surface area contributed by atoms with E-state index in [0.29, 0.717) is 12.3 Å². The molecule has 3 aromatic rings. The number of H-pyrrole nitrogens is 1. The zero-order chi connectivity index (χ0) is 23.5. The Kier molecular flexibility index (Phi) is 5.33. The van der Waals surface area contributed by atoms with Crippen LogP contribution in [-0.4, -0.2) is 45.6 Å². The Hall–Kier alpha value is -2.38. The lowest BCUT2D eigenvalue weighted by atomic mass is 9.78. The molecule has 2 aliphatic rings. The van der Waals surface area contributed by atoms with Crippen LogP contribution in [0.1, 0.15) is 72.7 Å². The molecule has 1 amide bonds. The first-order chi connectivity index (χ1) is 15.6. The van der Waals surface area contributed by atoms with Crippen molar-refractivity contribution < 1.29 is 14.1 Å². The Labute approximate surface area is 196 Å². The molecule has 2 aromatic carbocycles. The number of hydrogen-bond donors (Lipinski definition) is 1. The van der Waals surface area contributed by atoms with Gasteiger partial charge in [0.1, 0.15) is 5.82 Å². The Morgan fingerprint density at radius 1 is 1.18 bits per heavy atom. The van der Waals surface area contributed by atoms with Crippen molar-refractivity contribution in [2.75, 3.05) is 6.54 Å². The second kappa shape index (κ2) is 7.85. The highest BCUT2D eigenvalue weighted by molar-refractivity contribution is 6.62. The van der Waals surface area contributed by atoms with Crippen molar-refractivity contribution in [1.29, 1.82) is 0 Å². The summed E-state index contributed by atoms with van der Waals surface area (Å²) in [6, 6.07) is 10.6. The summed E-state index contributed by atoms with van der Waals surface area (Å²) in [6.45, 7) is 13.3. The highest BCUT2D eigenvalue weighted by Crippen LogP contribution is 2.37. The molecule has 5 rings (SSSR count). The number of nitrogens with zero attached hydrogens (tertiary/aromatic N) is 2. The highest BCUT2D eigenvalue weighted by atomic mass is 16.7. The maximum Gasteiger partial charge on any atom is 0.494 e. The van der Waals surface area contributed by atoms with Crippen LogP contribution in [-0.2, 0) is 14.1 Å². The number of carbonyl (C=O) groups excluding carboxylic acids is 1. The lowest BCUT2D eigenvalue weighted by molar-refractivity contribution is -0.133. The second-order valence-electron chi connectivity index (χ2n) is 11.0. The van der Waals surface area contributed by atoms with Gasteiger partial charge in [-0.25, -0.2) is 4.98 Å². The lowest BCUT2D eigenvalue weighted by Gasteiger charge is -2.32. The zero-order valence-electron chi connectivity index (χ0n) is 20.6. The predicted octanol–water partition coefficient (Wildman–Crippen LogP) is 4.72. The van der Waals surface area contributed by atoms with E-state index in [1.54, 1.807) is 0 Å². The molecule has 0 aliphatic carbocycles. The summed E-state index contributed by atoms with van der Waals surface area (Å²) >= 11 is 0. The molecule has 0 bridgehead atoms. The summed E-state index contributed by atoms with van der Waals surface area (Å²) in [7, 11) is -0.385. The number of benzene rings is 2. The lowest BCUT2D eigenvalue weighted by Crippen LogP contribution is -2.41. The van der Waals surface area contributed by atoms with Crippen molar-refractivity contribution in [3.05, 3.63) is 36.2 Å². The van der Waals surface area contributed by atoms with Gasteiger partial charge >= 0.3 is 7.12 Å². The largest absolute Gasteiger partial charge is 0.494 e. The smallest absolute Gasteiger partial charge is 0.399 e. The minimum Gasteiger partial charge on any atom is -0.399 e. The minimum absolute atomic E-state index is 0.0303. The summed E-state index contributed by atoms with van der Waals surface area (Å²) in [5.41, 5.74) is 2.23. The first-order valence-corrected chi connectivity index (χ1v) is 12.1. The minimum atomic E-state index is -0.385. The molecule has 33 heavy (non-hydrogen) atoms. The summed E-state index contributed by atoms with van der Waals surface area (Å²) < 4.78 is 12.5. The molecular formula is C26H34BN3O3. The zero-order valence-corrected chi connectivity index (χ0v) is 20.6. The number of likely N-dealkylation sites (tertiary alicyclic amines) is 1. The van der Waals surface area contributed by atoms with Crippen LogP contribution in [0, 0.1) is 5.92 Å². The van der Waals surface area contributed by atoms with E-state index < -0.39 is 0 Å². The summed E-state index contributed by atoms with van der Waals surface area (Å²) in [4.78, 5) is 23.3. The van der Waals surface area contributed by atoms with Crippen molar-refractivity contribution in [1.82, 2.24) is 14.9 Å². The van der Waals surface area contributed by atoms with Crippen molar-refractivity contribution in [3.63, 3.8) is 0 Å². The maximum atomic E-state index is 12.8. The van der Waals surface area contributed by atoms with Gasteiger partial charge in [0.2, 0.25) is 5.91 Å². The van der Waals surface area contributed by atoms with Crippen molar-refractivity contribution in [3.8, 4) is 0 Å². The average Bonchev–Trinajstić information content (AvgIpc) is 3.43. The first-order valence-electron chi connectivity index (χ1n) is 12.1. The predicted molar refractivity (Wildman–Crippen MR) is 132 cm³/mol. The third-order valence-corrected chi connectivity index (χ3v) is 7.51. The number of aromatic nitrogens is 2. The van der Waals surface area contributed by atoms with Gasteiger partial charge < -0.3 is 19.2 Å². The number of rotatable bonds is 4. The quantitative estimate of drug-likeness (QED) is 0.588. The third-order valence-electron chi connectivity index (χ3n) is 7.51.